The van der Waals surface area contributed by atoms with Crippen molar-refractivity contribution in [3.63, 3.8) is 0 Å². The molecule has 0 unspecified atom stereocenters. The van der Waals surface area contributed by atoms with Crippen LogP contribution in [0.3, 0.4) is 0 Å². The zero-order valence-electron chi connectivity index (χ0n) is 7.70. The van der Waals surface area contributed by atoms with Crippen molar-refractivity contribution >= 4 is 25.8 Å². The Morgan fingerprint density at radius 3 is 2.57 bits per heavy atom. The van der Waals surface area contributed by atoms with Crippen molar-refractivity contribution in [2.45, 2.75) is 11.8 Å². The highest BCUT2D eigenvalue weighted by molar-refractivity contribution is 9.10. The summed E-state index contributed by atoms with van der Waals surface area (Å²) in [4.78, 5) is 0.240. The van der Waals surface area contributed by atoms with Gasteiger partial charge in [-0.25, -0.2) is 8.42 Å². The van der Waals surface area contributed by atoms with E-state index in [-0.39, 0.29) is 17.3 Å². The molecule has 1 rings (SSSR count). The lowest BCUT2D eigenvalue weighted by Gasteiger charge is -2.04. The molecule has 0 atom stereocenters. The van der Waals surface area contributed by atoms with Crippen LogP contribution in [-0.2, 0) is 9.84 Å². The highest BCUT2D eigenvalue weighted by Crippen LogP contribution is 2.21. The SMILES string of the molecule is Cc1ccc(S(=O)(=O)CCO)cc1Br. The lowest BCUT2D eigenvalue weighted by Crippen LogP contribution is -2.10. The Balaban J connectivity index is 3.15. The van der Waals surface area contributed by atoms with Crippen LogP contribution in [-0.4, -0.2) is 25.9 Å². The maximum absolute atomic E-state index is 11.5. The van der Waals surface area contributed by atoms with Gasteiger partial charge < -0.3 is 5.11 Å². The Kier molecular flexibility index (Phi) is 3.69. The number of aryl methyl sites for hydroxylation is 1. The van der Waals surface area contributed by atoms with Crippen molar-refractivity contribution in [3.05, 3.63) is 28.2 Å². The topological polar surface area (TPSA) is 54.4 Å². The molecule has 0 aliphatic rings. The number of aliphatic hydroxyl groups excluding tert-OH is 1. The van der Waals surface area contributed by atoms with Crippen LogP contribution in [0.15, 0.2) is 27.6 Å². The van der Waals surface area contributed by atoms with E-state index in [1.165, 1.54) is 0 Å². The lowest BCUT2D eigenvalue weighted by molar-refractivity contribution is 0.319. The first-order chi connectivity index (χ1) is 6.47. The van der Waals surface area contributed by atoms with Gasteiger partial charge in [-0.15, -0.1) is 0 Å². The summed E-state index contributed by atoms with van der Waals surface area (Å²) in [6, 6.07) is 4.83. The van der Waals surface area contributed by atoms with E-state index in [9.17, 15) is 8.42 Å². The van der Waals surface area contributed by atoms with E-state index >= 15 is 0 Å². The summed E-state index contributed by atoms with van der Waals surface area (Å²) in [5.41, 5.74) is 0.980. The first-order valence-corrected chi connectivity index (χ1v) is 6.51. The van der Waals surface area contributed by atoms with Gasteiger partial charge in [0.1, 0.15) is 0 Å². The second-order valence-corrected chi connectivity index (χ2v) is 5.92. The summed E-state index contributed by atoms with van der Waals surface area (Å²) in [6.45, 7) is 1.53. The zero-order chi connectivity index (χ0) is 10.8. The van der Waals surface area contributed by atoms with Gasteiger partial charge in [-0.2, -0.15) is 0 Å². The Morgan fingerprint density at radius 1 is 1.43 bits per heavy atom. The average Bonchev–Trinajstić information content (AvgIpc) is 2.09. The first-order valence-electron chi connectivity index (χ1n) is 4.07. The third kappa shape index (κ3) is 2.56. The standard InChI is InChI=1S/C9H11BrO3S/c1-7-2-3-8(6-9(7)10)14(12,13)5-4-11/h2-3,6,11H,4-5H2,1H3. The fourth-order valence-electron chi connectivity index (χ4n) is 1.01. The summed E-state index contributed by atoms with van der Waals surface area (Å²) >= 11 is 3.26. The summed E-state index contributed by atoms with van der Waals surface area (Å²) in [5, 5.41) is 8.60. The summed E-state index contributed by atoms with van der Waals surface area (Å²) < 4.78 is 23.8. The van der Waals surface area contributed by atoms with Crippen molar-refractivity contribution in [1.82, 2.24) is 0 Å². The molecule has 0 fully saturated rings. The number of halogens is 1. The predicted molar refractivity (Wildman–Crippen MR) is 58.0 cm³/mol. The van der Waals surface area contributed by atoms with Gasteiger partial charge in [0.25, 0.3) is 0 Å². The number of sulfone groups is 1. The number of rotatable bonds is 3. The van der Waals surface area contributed by atoms with Crippen LogP contribution in [0.2, 0.25) is 0 Å². The van der Waals surface area contributed by atoms with Crippen molar-refractivity contribution in [3.8, 4) is 0 Å². The van der Waals surface area contributed by atoms with E-state index in [4.69, 9.17) is 5.11 Å². The second-order valence-electron chi connectivity index (χ2n) is 2.95. The molecule has 3 nitrogen and oxygen atoms in total. The van der Waals surface area contributed by atoms with Crippen molar-refractivity contribution in [1.29, 1.82) is 0 Å². The van der Waals surface area contributed by atoms with Gasteiger partial charge in [-0.05, 0) is 24.6 Å². The molecule has 1 aromatic rings. The molecule has 0 spiro atoms. The molecule has 0 heterocycles. The third-order valence-corrected chi connectivity index (χ3v) is 4.41. The van der Waals surface area contributed by atoms with Gasteiger partial charge >= 0.3 is 0 Å². The van der Waals surface area contributed by atoms with Crippen LogP contribution in [0.4, 0.5) is 0 Å². The molecule has 0 amide bonds. The van der Waals surface area contributed by atoms with E-state index in [0.717, 1.165) is 10.0 Å². The summed E-state index contributed by atoms with van der Waals surface area (Å²) in [7, 11) is -3.33. The Hall–Kier alpha value is -0.390. The summed E-state index contributed by atoms with van der Waals surface area (Å²) in [5.74, 6) is -0.234. The molecule has 0 bridgehead atoms. The van der Waals surface area contributed by atoms with Gasteiger partial charge in [0.15, 0.2) is 9.84 Å². The van der Waals surface area contributed by atoms with Gasteiger partial charge in [-0.1, -0.05) is 22.0 Å². The van der Waals surface area contributed by atoms with Crippen LogP contribution < -0.4 is 0 Å². The van der Waals surface area contributed by atoms with E-state index in [1.54, 1.807) is 18.2 Å². The van der Waals surface area contributed by atoms with Crippen molar-refractivity contribution in [2.24, 2.45) is 0 Å². The molecule has 1 aromatic carbocycles. The molecule has 78 valence electrons. The smallest absolute Gasteiger partial charge is 0.180 e. The molecular formula is C9H11BrO3S. The fourth-order valence-corrected chi connectivity index (χ4v) is 2.58. The summed E-state index contributed by atoms with van der Waals surface area (Å²) in [6.07, 6.45) is 0. The monoisotopic (exact) mass is 278 g/mol. The number of hydrogen-bond donors (Lipinski definition) is 1. The normalized spacial score (nSPS) is 11.6. The molecule has 5 heteroatoms. The van der Waals surface area contributed by atoms with E-state index < -0.39 is 9.84 Å². The molecule has 0 radical (unpaired) electrons. The van der Waals surface area contributed by atoms with Crippen LogP contribution in [0.5, 0.6) is 0 Å². The van der Waals surface area contributed by atoms with Crippen LogP contribution in [0.25, 0.3) is 0 Å². The quantitative estimate of drug-likeness (QED) is 0.912. The largest absolute Gasteiger partial charge is 0.395 e. The van der Waals surface area contributed by atoms with Crippen LogP contribution in [0, 0.1) is 6.92 Å². The third-order valence-electron chi connectivity index (χ3n) is 1.86. The molecule has 1 N–H and O–H groups in total. The number of aliphatic hydroxyl groups is 1. The van der Waals surface area contributed by atoms with Crippen molar-refractivity contribution in [2.75, 3.05) is 12.4 Å². The molecule has 0 aliphatic carbocycles. The maximum Gasteiger partial charge on any atom is 0.180 e. The predicted octanol–water partition coefficient (Wildman–Crippen LogP) is 1.52. The first kappa shape index (κ1) is 11.7. The molecule has 0 aliphatic heterocycles. The minimum absolute atomic E-state index is 0.234. The van der Waals surface area contributed by atoms with Gasteiger partial charge in [0, 0.05) is 4.47 Å². The number of benzene rings is 1. The second kappa shape index (κ2) is 4.42. The number of hydrogen-bond acceptors (Lipinski definition) is 3. The molecule has 0 aromatic heterocycles. The molecule has 0 saturated carbocycles. The van der Waals surface area contributed by atoms with Crippen LogP contribution in [0.1, 0.15) is 5.56 Å². The van der Waals surface area contributed by atoms with Crippen LogP contribution >= 0.6 is 15.9 Å². The zero-order valence-corrected chi connectivity index (χ0v) is 10.1. The minimum atomic E-state index is -3.33. The van der Waals surface area contributed by atoms with Gasteiger partial charge in [-0.3, -0.25) is 0 Å². The van der Waals surface area contributed by atoms with Crippen molar-refractivity contribution < 1.29 is 13.5 Å². The average molecular weight is 279 g/mol. The Bertz CT molecular complexity index is 426. The fraction of sp³-hybridized carbons (Fsp3) is 0.333. The maximum atomic E-state index is 11.5. The molecular weight excluding hydrogens is 268 g/mol. The highest BCUT2D eigenvalue weighted by atomic mass is 79.9. The van der Waals surface area contributed by atoms with Gasteiger partial charge in [0.05, 0.1) is 17.3 Å². The molecule has 14 heavy (non-hydrogen) atoms. The van der Waals surface area contributed by atoms with Gasteiger partial charge in [0.2, 0.25) is 0 Å². The molecule has 0 saturated heterocycles. The Labute approximate surface area is 91.8 Å². The highest BCUT2D eigenvalue weighted by Gasteiger charge is 2.13. The van der Waals surface area contributed by atoms with E-state index in [2.05, 4.69) is 15.9 Å². The minimum Gasteiger partial charge on any atom is -0.395 e. The van der Waals surface area contributed by atoms with E-state index in [1.807, 2.05) is 6.92 Å². The lowest BCUT2D eigenvalue weighted by atomic mass is 10.2. The van der Waals surface area contributed by atoms with E-state index in [0.29, 0.717) is 0 Å². The Morgan fingerprint density at radius 2 is 2.07 bits per heavy atom.